The summed E-state index contributed by atoms with van der Waals surface area (Å²) in [6.45, 7) is 0.126. The van der Waals surface area contributed by atoms with Crippen LogP contribution in [0.15, 0.2) is 29.2 Å². The van der Waals surface area contributed by atoms with Crippen LogP contribution in [0.1, 0.15) is 11.7 Å². The molecule has 1 aromatic carbocycles. The van der Waals surface area contributed by atoms with Crippen LogP contribution in [-0.4, -0.2) is 17.4 Å². The van der Waals surface area contributed by atoms with Crippen molar-refractivity contribution in [3.05, 3.63) is 29.8 Å². The van der Waals surface area contributed by atoms with Crippen molar-refractivity contribution < 1.29 is 13.9 Å². The van der Waals surface area contributed by atoms with Crippen molar-refractivity contribution in [3.63, 3.8) is 0 Å². The molecule has 0 aliphatic heterocycles. The van der Waals surface area contributed by atoms with Gasteiger partial charge in [-0.15, -0.1) is 0 Å². The van der Waals surface area contributed by atoms with Gasteiger partial charge in [0.05, 0.1) is 6.10 Å². The lowest BCUT2D eigenvalue weighted by Gasteiger charge is -2.08. The van der Waals surface area contributed by atoms with Gasteiger partial charge in [-0.2, -0.15) is 8.78 Å². The van der Waals surface area contributed by atoms with Crippen molar-refractivity contribution in [1.29, 1.82) is 0 Å². The molecule has 5 heteroatoms. The fourth-order valence-corrected chi connectivity index (χ4v) is 1.51. The Balaban J connectivity index is 2.68. The predicted octanol–water partition coefficient (Wildman–Crippen LogP) is 1.99. The molecule has 0 heterocycles. The number of halogens is 2. The molecular weight excluding hydrogens is 208 g/mol. The van der Waals surface area contributed by atoms with Crippen LogP contribution in [0.5, 0.6) is 0 Å². The third-order valence-electron chi connectivity index (χ3n) is 1.71. The fourth-order valence-electron chi connectivity index (χ4n) is 1.01. The fraction of sp³-hybridized carbons (Fsp3) is 0.333. The molecule has 78 valence electrons. The Bertz CT molecular complexity index is 279. The Hall–Kier alpha value is -0.650. The van der Waals surface area contributed by atoms with Crippen LogP contribution in [0.2, 0.25) is 0 Å². The van der Waals surface area contributed by atoms with Gasteiger partial charge < -0.3 is 10.8 Å². The number of hydrogen-bond acceptors (Lipinski definition) is 3. The number of aliphatic hydroxyl groups is 1. The van der Waals surface area contributed by atoms with Crippen LogP contribution in [0.4, 0.5) is 8.78 Å². The zero-order valence-electron chi connectivity index (χ0n) is 7.36. The van der Waals surface area contributed by atoms with Crippen LogP contribution in [0, 0.1) is 0 Å². The quantitative estimate of drug-likeness (QED) is 0.761. The Labute approximate surface area is 85.1 Å². The minimum Gasteiger partial charge on any atom is -0.387 e. The van der Waals surface area contributed by atoms with Gasteiger partial charge in [0.2, 0.25) is 0 Å². The molecule has 3 N–H and O–H groups in total. The molecule has 1 rings (SSSR count). The molecule has 0 radical (unpaired) electrons. The maximum Gasteiger partial charge on any atom is 0.288 e. The summed E-state index contributed by atoms with van der Waals surface area (Å²) in [5.74, 6) is -2.42. The standard InChI is InChI=1S/C9H11F2NOS/c10-9(11)14-7-3-1-6(2-4-7)8(13)5-12/h1-4,8-9,13H,5,12H2. The molecule has 0 aliphatic carbocycles. The van der Waals surface area contributed by atoms with Crippen LogP contribution >= 0.6 is 11.8 Å². The van der Waals surface area contributed by atoms with E-state index in [1.54, 1.807) is 24.3 Å². The van der Waals surface area contributed by atoms with E-state index >= 15 is 0 Å². The lowest BCUT2D eigenvalue weighted by Crippen LogP contribution is -2.11. The lowest BCUT2D eigenvalue weighted by molar-refractivity contribution is 0.186. The Kier molecular flexibility index (Phi) is 4.31. The summed E-state index contributed by atoms with van der Waals surface area (Å²) in [4.78, 5) is 0.480. The van der Waals surface area contributed by atoms with E-state index in [0.717, 1.165) is 0 Å². The van der Waals surface area contributed by atoms with E-state index in [2.05, 4.69) is 0 Å². The van der Waals surface area contributed by atoms with E-state index in [9.17, 15) is 13.9 Å². The first kappa shape index (κ1) is 11.4. The van der Waals surface area contributed by atoms with Gasteiger partial charge in [0, 0.05) is 11.4 Å². The van der Waals surface area contributed by atoms with Gasteiger partial charge in [0.1, 0.15) is 0 Å². The van der Waals surface area contributed by atoms with Crippen LogP contribution in [0.3, 0.4) is 0 Å². The Morgan fingerprint density at radius 1 is 1.29 bits per heavy atom. The van der Waals surface area contributed by atoms with E-state index in [1.165, 1.54) is 0 Å². The molecule has 0 amide bonds. The van der Waals surface area contributed by atoms with Gasteiger partial charge in [-0.25, -0.2) is 0 Å². The number of alkyl halides is 2. The number of aliphatic hydroxyl groups excluding tert-OH is 1. The maximum absolute atomic E-state index is 11.9. The second-order valence-electron chi connectivity index (χ2n) is 2.70. The highest BCUT2D eigenvalue weighted by Gasteiger charge is 2.07. The van der Waals surface area contributed by atoms with Gasteiger partial charge in [0.15, 0.2) is 0 Å². The second-order valence-corrected chi connectivity index (χ2v) is 3.76. The molecule has 0 saturated carbocycles. The van der Waals surface area contributed by atoms with Gasteiger partial charge in [-0.05, 0) is 17.7 Å². The molecule has 14 heavy (non-hydrogen) atoms. The minimum atomic E-state index is -2.42. The second kappa shape index (κ2) is 5.29. The Morgan fingerprint density at radius 3 is 2.29 bits per heavy atom. The molecule has 0 fully saturated rings. The summed E-state index contributed by atoms with van der Waals surface area (Å²) in [5.41, 5.74) is 5.89. The molecule has 0 saturated heterocycles. The zero-order valence-corrected chi connectivity index (χ0v) is 8.18. The minimum absolute atomic E-state index is 0.126. The number of hydrogen-bond donors (Lipinski definition) is 2. The highest BCUT2D eigenvalue weighted by molar-refractivity contribution is 7.99. The normalized spacial score (nSPS) is 13.2. The average Bonchev–Trinajstić information content (AvgIpc) is 2.17. The van der Waals surface area contributed by atoms with Crippen molar-refractivity contribution in [2.24, 2.45) is 5.73 Å². The largest absolute Gasteiger partial charge is 0.387 e. The topological polar surface area (TPSA) is 46.2 Å². The van der Waals surface area contributed by atoms with E-state index in [4.69, 9.17) is 5.73 Å². The predicted molar refractivity (Wildman–Crippen MR) is 52.3 cm³/mol. The summed E-state index contributed by atoms with van der Waals surface area (Å²) >= 11 is 0.480. The Morgan fingerprint density at radius 2 is 1.86 bits per heavy atom. The number of nitrogens with two attached hydrogens (primary N) is 1. The summed E-state index contributed by atoms with van der Waals surface area (Å²) in [7, 11) is 0. The monoisotopic (exact) mass is 219 g/mol. The molecular formula is C9H11F2NOS. The zero-order chi connectivity index (χ0) is 10.6. The number of rotatable bonds is 4. The molecule has 1 aromatic rings. The van der Waals surface area contributed by atoms with Crippen molar-refractivity contribution in [2.75, 3.05) is 6.54 Å². The third kappa shape index (κ3) is 3.25. The third-order valence-corrected chi connectivity index (χ3v) is 2.44. The molecule has 0 aromatic heterocycles. The average molecular weight is 219 g/mol. The molecule has 0 bridgehead atoms. The summed E-state index contributed by atoms with van der Waals surface area (Å²) in [5, 5.41) is 9.32. The van der Waals surface area contributed by atoms with Gasteiger partial charge >= 0.3 is 0 Å². The number of benzene rings is 1. The summed E-state index contributed by atoms with van der Waals surface area (Å²) in [6, 6.07) is 6.29. The van der Waals surface area contributed by atoms with Crippen molar-refractivity contribution in [2.45, 2.75) is 16.8 Å². The van der Waals surface area contributed by atoms with Gasteiger partial charge in [-0.3, -0.25) is 0 Å². The molecule has 1 unspecified atom stereocenters. The first-order valence-electron chi connectivity index (χ1n) is 4.06. The first-order valence-corrected chi connectivity index (χ1v) is 4.94. The molecule has 2 nitrogen and oxygen atoms in total. The maximum atomic E-state index is 11.9. The highest BCUT2D eigenvalue weighted by atomic mass is 32.2. The molecule has 0 spiro atoms. The van der Waals surface area contributed by atoms with Crippen molar-refractivity contribution in [1.82, 2.24) is 0 Å². The summed E-state index contributed by atoms with van der Waals surface area (Å²) in [6.07, 6.45) is -0.722. The van der Waals surface area contributed by atoms with E-state index in [0.29, 0.717) is 22.2 Å². The lowest BCUT2D eigenvalue weighted by atomic mass is 10.1. The van der Waals surface area contributed by atoms with Crippen LogP contribution in [0.25, 0.3) is 0 Å². The van der Waals surface area contributed by atoms with Crippen molar-refractivity contribution in [3.8, 4) is 0 Å². The smallest absolute Gasteiger partial charge is 0.288 e. The van der Waals surface area contributed by atoms with E-state index < -0.39 is 11.9 Å². The van der Waals surface area contributed by atoms with E-state index in [-0.39, 0.29) is 6.54 Å². The van der Waals surface area contributed by atoms with Gasteiger partial charge in [0.25, 0.3) is 5.76 Å². The SMILES string of the molecule is NCC(O)c1ccc(SC(F)F)cc1. The molecule has 1 atom stereocenters. The van der Waals surface area contributed by atoms with Gasteiger partial charge in [-0.1, -0.05) is 23.9 Å². The highest BCUT2D eigenvalue weighted by Crippen LogP contribution is 2.26. The van der Waals surface area contributed by atoms with E-state index in [1.807, 2.05) is 0 Å². The van der Waals surface area contributed by atoms with Crippen LogP contribution in [-0.2, 0) is 0 Å². The number of thioether (sulfide) groups is 1. The summed E-state index contributed by atoms with van der Waals surface area (Å²) < 4.78 is 23.9. The molecule has 0 aliphatic rings. The van der Waals surface area contributed by atoms with Crippen molar-refractivity contribution >= 4 is 11.8 Å². The first-order chi connectivity index (χ1) is 6.63. The van der Waals surface area contributed by atoms with Crippen LogP contribution < -0.4 is 5.73 Å².